The largest absolute Gasteiger partial charge is 0.357 e. The summed E-state index contributed by atoms with van der Waals surface area (Å²) in [6.07, 6.45) is 3.15. The number of fused-ring (bicyclic) bond motifs is 5. The van der Waals surface area contributed by atoms with E-state index in [1.54, 1.807) is 11.3 Å². The number of hydrogen-bond donors (Lipinski definition) is 1. The zero-order valence-electron chi connectivity index (χ0n) is 8.45. The number of halogens is 1. The van der Waals surface area contributed by atoms with Crippen molar-refractivity contribution in [2.45, 2.75) is 28.5 Å². The summed E-state index contributed by atoms with van der Waals surface area (Å²) in [5.74, 6) is 1.42. The molecule has 0 amide bonds. The summed E-state index contributed by atoms with van der Waals surface area (Å²) in [6, 6.07) is 1.59. The molecule has 4 nitrogen and oxygen atoms in total. The van der Waals surface area contributed by atoms with E-state index in [0.717, 1.165) is 11.0 Å². The SMILES string of the molecule is IC1C(Nc2nccs2)[C@H]2C[C@@H]1[C@@H]1N=N[C@@H]12. The molecular weight excluding hydrogens is 335 g/mol. The lowest BCUT2D eigenvalue weighted by Crippen LogP contribution is -2.50. The van der Waals surface area contributed by atoms with Gasteiger partial charge in [0.1, 0.15) is 6.04 Å². The number of anilines is 1. The van der Waals surface area contributed by atoms with E-state index < -0.39 is 0 Å². The van der Waals surface area contributed by atoms with Crippen molar-refractivity contribution in [3.8, 4) is 0 Å². The number of nitrogens with zero attached hydrogens (tertiary/aromatic N) is 3. The highest BCUT2D eigenvalue weighted by molar-refractivity contribution is 14.1. The molecule has 2 unspecified atom stereocenters. The molecule has 2 heterocycles. The van der Waals surface area contributed by atoms with E-state index in [0.29, 0.717) is 28.0 Å². The minimum absolute atomic E-state index is 0.508. The van der Waals surface area contributed by atoms with Crippen LogP contribution in [0, 0.1) is 11.8 Å². The number of hydrogen-bond acceptors (Lipinski definition) is 5. The molecule has 16 heavy (non-hydrogen) atoms. The molecule has 0 spiro atoms. The Hall–Kier alpha value is -0.240. The van der Waals surface area contributed by atoms with Crippen LogP contribution in [0.2, 0.25) is 0 Å². The van der Waals surface area contributed by atoms with Gasteiger partial charge in [-0.05, 0) is 12.3 Å². The number of thiazole rings is 1. The van der Waals surface area contributed by atoms with E-state index in [-0.39, 0.29) is 0 Å². The maximum atomic E-state index is 4.31. The number of nitrogens with one attached hydrogen (secondary N) is 1. The molecular formula is C10H11IN4S. The Morgan fingerprint density at radius 2 is 2.12 bits per heavy atom. The molecule has 4 rings (SSSR count). The molecule has 2 aliphatic carbocycles. The van der Waals surface area contributed by atoms with Gasteiger partial charge in [-0.1, -0.05) is 22.6 Å². The van der Waals surface area contributed by atoms with Crippen LogP contribution < -0.4 is 5.32 Å². The first kappa shape index (κ1) is 9.76. The molecule has 2 saturated carbocycles. The standard InChI is InChI=1S/C10H11IN4S/c11-6-4-3-5(9-8(4)14-15-9)7(6)13-10-12-1-2-16-10/h1-2,4-9H,3H2,(H,12,13)/t4-,5+,6?,7?,8-,9+/m0/s1. The normalized spacial score (nSPS) is 47.8. The topological polar surface area (TPSA) is 49.6 Å². The van der Waals surface area contributed by atoms with Gasteiger partial charge < -0.3 is 5.32 Å². The predicted molar refractivity (Wildman–Crippen MR) is 71.4 cm³/mol. The predicted octanol–water partition coefficient (Wildman–Crippen LogP) is 2.58. The Kier molecular flexibility index (Phi) is 2.06. The summed E-state index contributed by atoms with van der Waals surface area (Å²) in [6.45, 7) is 0. The van der Waals surface area contributed by atoms with Crippen molar-refractivity contribution >= 4 is 39.1 Å². The molecule has 2 bridgehead atoms. The Morgan fingerprint density at radius 3 is 2.81 bits per heavy atom. The summed E-state index contributed by atoms with van der Waals surface area (Å²) in [5.41, 5.74) is 0. The minimum Gasteiger partial charge on any atom is -0.357 e. The van der Waals surface area contributed by atoms with E-state index in [1.165, 1.54) is 6.42 Å². The van der Waals surface area contributed by atoms with Crippen molar-refractivity contribution in [2.75, 3.05) is 5.32 Å². The number of azo groups is 1. The molecule has 2 fully saturated rings. The van der Waals surface area contributed by atoms with E-state index in [1.807, 2.05) is 11.6 Å². The minimum atomic E-state index is 0.508. The smallest absolute Gasteiger partial charge is 0.182 e. The van der Waals surface area contributed by atoms with Crippen LogP contribution in [0.1, 0.15) is 6.42 Å². The van der Waals surface area contributed by atoms with Crippen LogP contribution in [0.3, 0.4) is 0 Å². The zero-order valence-corrected chi connectivity index (χ0v) is 11.4. The van der Waals surface area contributed by atoms with Crippen molar-refractivity contribution in [2.24, 2.45) is 22.1 Å². The Bertz CT molecular complexity index is 434. The first-order valence-corrected chi connectivity index (χ1v) is 7.67. The van der Waals surface area contributed by atoms with E-state index in [9.17, 15) is 0 Å². The number of aromatic nitrogens is 1. The average molecular weight is 346 g/mol. The van der Waals surface area contributed by atoms with Gasteiger partial charge in [0, 0.05) is 27.5 Å². The molecule has 0 aromatic carbocycles. The lowest BCUT2D eigenvalue weighted by molar-refractivity contribution is 0.280. The summed E-state index contributed by atoms with van der Waals surface area (Å²) < 4.78 is 0.673. The zero-order chi connectivity index (χ0) is 10.7. The molecule has 6 atom stereocenters. The quantitative estimate of drug-likeness (QED) is 0.661. The van der Waals surface area contributed by atoms with Gasteiger partial charge in [-0.2, -0.15) is 10.2 Å². The number of alkyl halides is 1. The second kappa shape index (κ2) is 3.38. The Labute approximate surface area is 111 Å². The Balaban J connectivity index is 1.59. The van der Waals surface area contributed by atoms with Crippen LogP contribution in [0.5, 0.6) is 0 Å². The van der Waals surface area contributed by atoms with Crippen LogP contribution in [-0.4, -0.2) is 27.0 Å². The lowest BCUT2D eigenvalue weighted by Gasteiger charge is -2.38. The van der Waals surface area contributed by atoms with Crippen molar-refractivity contribution in [3.63, 3.8) is 0 Å². The lowest BCUT2D eigenvalue weighted by atomic mass is 9.86. The van der Waals surface area contributed by atoms with E-state index in [2.05, 4.69) is 43.1 Å². The van der Waals surface area contributed by atoms with Gasteiger partial charge in [-0.3, -0.25) is 0 Å². The highest BCUT2D eigenvalue weighted by Gasteiger charge is 2.61. The summed E-state index contributed by atoms with van der Waals surface area (Å²) >= 11 is 4.26. The van der Waals surface area contributed by atoms with Crippen molar-refractivity contribution in [1.82, 2.24) is 4.98 Å². The first-order valence-electron chi connectivity index (χ1n) is 5.54. The van der Waals surface area contributed by atoms with Gasteiger partial charge in [0.15, 0.2) is 5.13 Å². The summed E-state index contributed by atoms with van der Waals surface area (Å²) in [5, 5.41) is 15.2. The molecule has 0 saturated heterocycles. The molecule has 1 aromatic heterocycles. The fourth-order valence-electron chi connectivity index (χ4n) is 3.30. The van der Waals surface area contributed by atoms with Gasteiger partial charge in [0.25, 0.3) is 0 Å². The maximum absolute atomic E-state index is 4.31. The van der Waals surface area contributed by atoms with Crippen LogP contribution >= 0.6 is 33.9 Å². The summed E-state index contributed by atoms with van der Waals surface area (Å²) in [7, 11) is 0. The van der Waals surface area contributed by atoms with Crippen LogP contribution in [0.4, 0.5) is 5.13 Å². The molecule has 1 N–H and O–H groups in total. The van der Waals surface area contributed by atoms with Crippen molar-refractivity contribution in [1.29, 1.82) is 0 Å². The third kappa shape index (κ3) is 1.17. The van der Waals surface area contributed by atoms with Crippen LogP contribution in [0.25, 0.3) is 0 Å². The fourth-order valence-corrected chi connectivity index (χ4v) is 5.30. The third-order valence-corrected chi connectivity index (χ3v) is 6.44. The van der Waals surface area contributed by atoms with Gasteiger partial charge in [0.2, 0.25) is 0 Å². The van der Waals surface area contributed by atoms with Crippen molar-refractivity contribution < 1.29 is 0 Å². The third-order valence-electron chi connectivity index (χ3n) is 4.04. The molecule has 1 aliphatic heterocycles. The van der Waals surface area contributed by atoms with Gasteiger partial charge in [0.05, 0.1) is 6.04 Å². The average Bonchev–Trinajstić information content (AvgIpc) is 2.85. The highest BCUT2D eigenvalue weighted by Crippen LogP contribution is 2.54. The van der Waals surface area contributed by atoms with E-state index in [4.69, 9.17) is 0 Å². The monoisotopic (exact) mass is 346 g/mol. The summed E-state index contributed by atoms with van der Waals surface area (Å²) in [4.78, 5) is 4.31. The molecule has 6 heteroatoms. The first-order chi connectivity index (χ1) is 7.84. The second-order valence-electron chi connectivity index (χ2n) is 4.73. The molecule has 3 aliphatic rings. The van der Waals surface area contributed by atoms with Crippen LogP contribution in [0.15, 0.2) is 21.8 Å². The van der Waals surface area contributed by atoms with Crippen LogP contribution in [-0.2, 0) is 0 Å². The fraction of sp³-hybridized carbons (Fsp3) is 0.700. The number of rotatable bonds is 2. The molecule has 84 valence electrons. The van der Waals surface area contributed by atoms with Crippen molar-refractivity contribution in [3.05, 3.63) is 11.6 Å². The molecule has 1 aromatic rings. The Morgan fingerprint density at radius 1 is 1.31 bits per heavy atom. The van der Waals surface area contributed by atoms with E-state index >= 15 is 0 Å². The molecule has 0 radical (unpaired) electrons. The second-order valence-corrected chi connectivity index (χ2v) is 7.06. The highest BCUT2D eigenvalue weighted by atomic mass is 127. The van der Waals surface area contributed by atoms with Gasteiger partial charge in [-0.25, -0.2) is 4.98 Å². The van der Waals surface area contributed by atoms with Gasteiger partial charge >= 0.3 is 0 Å². The maximum Gasteiger partial charge on any atom is 0.182 e. The van der Waals surface area contributed by atoms with Gasteiger partial charge in [-0.15, -0.1) is 11.3 Å².